The molecular weight excluding hydrogens is 330 g/mol. The van der Waals surface area contributed by atoms with Crippen LogP contribution in [0.4, 0.5) is 5.69 Å². The van der Waals surface area contributed by atoms with E-state index in [2.05, 4.69) is 40.0 Å². The molecule has 0 bridgehead atoms. The number of methoxy groups -OCH3 is 2. The van der Waals surface area contributed by atoms with Gasteiger partial charge < -0.3 is 9.47 Å². The first kappa shape index (κ1) is 15.6. The zero-order valence-electron chi connectivity index (χ0n) is 12.4. The lowest BCUT2D eigenvalue weighted by molar-refractivity contribution is 0.354. The van der Waals surface area contributed by atoms with E-state index in [4.69, 9.17) is 9.47 Å². The van der Waals surface area contributed by atoms with Gasteiger partial charge in [0, 0.05) is 16.3 Å². The fourth-order valence-corrected chi connectivity index (χ4v) is 2.36. The second-order valence-corrected chi connectivity index (χ2v) is 5.36. The highest BCUT2D eigenvalue weighted by Crippen LogP contribution is 2.32. The Morgan fingerprint density at radius 1 is 1.05 bits per heavy atom. The van der Waals surface area contributed by atoms with Gasteiger partial charge >= 0.3 is 0 Å². The summed E-state index contributed by atoms with van der Waals surface area (Å²) < 4.78 is 11.5. The Labute approximate surface area is 133 Å². The monoisotopic (exact) mass is 347 g/mol. The number of nitrogens with zero attached hydrogens (tertiary/aromatic N) is 1. The number of rotatable bonds is 5. The van der Waals surface area contributed by atoms with Crippen molar-refractivity contribution in [1.82, 2.24) is 0 Å². The maximum Gasteiger partial charge on any atom is 0.161 e. The molecule has 110 valence electrons. The predicted molar refractivity (Wildman–Crippen MR) is 90.3 cm³/mol. The van der Waals surface area contributed by atoms with E-state index in [0.717, 1.165) is 22.1 Å². The minimum Gasteiger partial charge on any atom is -0.493 e. The van der Waals surface area contributed by atoms with Crippen LogP contribution in [-0.2, 0) is 6.42 Å². The molecule has 2 rings (SSSR count). The number of aryl methyl sites for hydroxylation is 1. The lowest BCUT2D eigenvalue weighted by atomic mass is 10.1. The van der Waals surface area contributed by atoms with E-state index in [0.29, 0.717) is 11.5 Å². The number of hydrogen-bond donors (Lipinski definition) is 0. The van der Waals surface area contributed by atoms with Crippen LogP contribution in [0, 0.1) is 0 Å². The smallest absolute Gasteiger partial charge is 0.161 e. The second-order valence-electron chi connectivity index (χ2n) is 4.51. The molecular formula is C17H18BrNO2. The first-order valence-corrected chi connectivity index (χ1v) is 7.51. The largest absolute Gasteiger partial charge is 0.493 e. The summed E-state index contributed by atoms with van der Waals surface area (Å²) >= 11 is 3.52. The van der Waals surface area contributed by atoms with Crippen LogP contribution in [0.1, 0.15) is 18.1 Å². The third-order valence-electron chi connectivity index (χ3n) is 3.20. The van der Waals surface area contributed by atoms with Crippen LogP contribution < -0.4 is 9.47 Å². The Balaban J connectivity index is 2.27. The first-order chi connectivity index (χ1) is 10.2. The molecule has 21 heavy (non-hydrogen) atoms. The Kier molecular flexibility index (Phi) is 5.39. The van der Waals surface area contributed by atoms with Crippen LogP contribution in [0.25, 0.3) is 0 Å². The van der Waals surface area contributed by atoms with Gasteiger partial charge in [-0.15, -0.1) is 0 Å². The van der Waals surface area contributed by atoms with Gasteiger partial charge in [-0.1, -0.05) is 19.1 Å². The van der Waals surface area contributed by atoms with Gasteiger partial charge in [0.25, 0.3) is 0 Å². The standard InChI is InChI=1S/C17H18BrNO2/c1-4-12-5-7-14(8-6-12)19-11-13-9-16(20-2)17(21-3)10-15(13)18/h5-11H,4H2,1-3H3. The molecule has 0 aliphatic carbocycles. The minimum absolute atomic E-state index is 0.684. The highest BCUT2D eigenvalue weighted by molar-refractivity contribution is 9.10. The van der Waals surface area contributed by atoms with Crippen molar-refractivity contribution in [1.29, 1.82) is 0 Å². The van der Waals surface area contributed by atoms with E-state index in [1.54, 1.807) is 14.2 Å². The van der Waals surface area contributed by atoms with E-state index in [1.165, 1.54) is 5.56 Å². The number of ether oxygens (including phenoxy) is 2. The molecule has 0 unspecified atom stereocenters. The SMILES string of the molecule is CCc1ccc(N=Cc2cc(OC)c(OC)cc2Br)cc1. The van der Waals surface area contributed by atoms with Gasteiger partial charge in [-0.25, -0.2) is 0 Å². The molecule has 0 aromatic heterocycles. The Morgan fingerprint density at radius 2 is 1.67 bits per heavy atom. The van der Waals surface area contributed by atoms with Crippen LogP contribution >= 0.6 is 15.9 Å². The molecule has 0 N–H and O–H groups in total. The topological polar surface area (TPSA) is 30.8 Å². The molecule has 3 nitrogen and oxygen atoms in total. The van der Waals surface area contributed by atoms with E-state index >= 15 is 0 Å². The average Bonchev–Trinajstić information content (AvgIpc) is 2.53. The van der Waals surface area contributed by atoms with E-state index in [1.807, 2.05) is 30.5 Å². The van der Waals surface area contributed by atoms with Crippen molar-refractivity contribution in [3.05, 3.63) is 52.0 Å². The molecule has 0 spiro atoms. The zero-order chi connectivity index (χ0) is 15.2. The van der Waals surface area contributed by atoms with Crippen molar-refractivity contribution in [3.8, 4) is 11.5 Å². The van der Waals surface area contributed by atoms with Crippen LogP contribution in [0.15, 0.2) is 45.9 Å². The zero-order valence-corrected chi connectivity index (χ0v) is 14.0. The van der Waals surface area contributed by atoms with Gasteiger partial charge in [0.1, 0.15) is 0 Å². The highest BCUT2D eigenvalue weighted by Gasteiger charge is 2.08. The molecule has 0 saturated carbocycles. The summed E-state index contributed by atoms with van der Waals surface area (Å²) in [6.45, 7) is 2.14. The third kappa shape index (κ3) is 3.85. The normalized spacial score (nSPS) is 10.9. The molecule has 0 saturated heterocycles. The molecule has 0 aliphatic heterocycles. The number of aliphatic imine (C=N–C) groups is 1. The molecule has 0 amide bonds. The number of halogens is 1. The summed E-state index contributed by atoms with van der Waals surface area (Å²) in [6.07, 6.45) is 2.85. The minimum atomic E-state index is 0.684. The summed E-state index contributed by atoms with van der Waals surface area (Å²) in [4.78, 5) is 4.49. The summed E-state index contributed by atoms with van der Waals surface area (Å²) in [6, 6.07) is 12.0. The van der Waals surface area contributed by atoms with Crippen LogP contribution in [0.3, 0.4) is 0 Å². The molecule has 0 fully saturated rings. The maximum absolute atomic E-state index is 5.31. The van der Waals surface area contributed by atoms with Crippen LogP contribution in [0.2, 0.25) is 0 Å². The molecule has 0 aliphatic rings. The maximum atomic E-state index is 5.31. The number of hydrogen-bond acceptors (Lipinski definition) is 3. The summed E-state index contributed by atoms with van der Waals surface area (Å²) in [5, 5.41) is 0. The fourth-order valence-electron chi connectivity index (χ4n) is 1.93. The van der Waals surface area contributed by atoms with E-state index in [9.17, 15) is 0 Å². The molecule has 4 heteroatoms. The Morgan fingerprint density at radius 3 is 2.24 bits per heavy atom. The molecule has 0 heterocycles. The highest BCUT2D eigenvalue weighted by atomic mass is 79.9. The van der Waals surface area contributed by atoms with Crippen molar-refractivity contribution in [3.63, 3.8) is 0 Å². The lowest BCUT2D eigenvalue weighted by Crippen LogP contribution is -1.93. The lowest BCUT2D eigenvalue weighted by Gasteiger charge is -2.09. The molecule has 0 radical (unpaired) electrons. The third-order valence-corrected chi connectivity index (χ3v) is 3.89. The van der Waals surface area contributed by atoms with Gasteiger partial charge in [-0.05, 0) is 52.2 Å². The van der Waals surface area contributed by atoms with E-state index < -0.39 is 0 Å². The van der Waals surface area contributed by atoms with Gasteiger partial charge in [-0.3, -0.25) is 4.99 Å². The second kappa shape index (κ2) is 7.27. The number of benzene rings is 2. The molecule has 0 atom stereocenters. The quantitative estimate of drug-likeness (QED) is 0.728. The van der Waals surface area contributed by atoms with E-state index in [-0.39, 0.29) is 0 Å². The van der Waals surface area contributed by atoms with Gasteiger partial charge in [-0.2, -0.15) is 0 Å². The van der Waals surface area contributed by atoms with Gasteiger partial charge in [0.05, 0.1) is 19.9 Å². The molecule has 2 aromatic carbocycles. The van der Waals surface area contributed by atoms with Crippen molar-refractivity contribution in [2.45, 2.75) is 13.3 Å². The van der Waals surface area contributed by atoms with Gasteiger partial charge in [0.2, 0.25) is 0 Å². The van der Waals surface area contributed by atoms with Crippen molar-refractivity contribution >= 4 is 27.8 Å². The van der Waals surface area contributed by atoms with Gasteiger partial charge in [0.15, 0.2) is 11.5 Å². The predicted octanol–water partition coefficient (Wildman–Crippen LogP) is 4.78. The summed E-state index contributed by atoms with van der Waals surface area (Å²) in [5.74, 6) is 1.37. The Bertz CT molecular complexity index is 636. The first-order valence-electron chi connectivity index (χ1n) is 6.72. The summed E-state index contributed by atoms with van der Waals surface area (Å²) in [5.41, 5.74) is 3.17. The summed E-state index contributed by atoms with van der Waals surface area (Å²) in [7, 11) is 3.24. The van der Waals surface area contributed by atoms with Crippen LogP contribution in [-0.4, -0.2) is 20.4 Å². The average molecular weight is 348 g/mol. The molecule has 2 aromatic rings. The van der Waals surface area contributed by atoms with Crippen molar-refractivity contribution in [2.75, 3.05) is 14.2 Å². The fraction of sp³-hybridized carbons (Fsp3) is 0.235. The van der Waals surface area contributed by atoms with Crippen molar-refractivity contribution < 1.29 is 9.47 Å². The van der Waals surface area contributed by atoms with Crippen LogP contribution in [0.5, 0.6) is 11.5 Å². The Hall–Kier alpha value is -1.81. The van der Waals surface area contributed by atoms with Crippen molar-refractivity contribution in [2.24, 2.45) is 4.99 Å².